The molecule has 3 aromatic rings. The van der Waals surface area contributed by atoms with Crippen LogP contribution in [0.2, 0.25) is 0 Å². The fourth-order valence-corrected chi connectivity index (χ4v) is 2.97. The van der Waals surface area contributed by atoms with Crippen molar-refractivity contribution in [3.63, 3.8) is 0 Å². The van der Waals surface area contributed by atoms with Gasteiger partial charge in [0.05, 0.1) is 11.9 Å². The van der Waals surface area contributed by atoms with Crippen molar-refractivity contribution in [1.82, 2.24) is 4.98 Å². The van der Waals surface area contributed by atoms with Crippen molar-refractivity contribution in [2.45, 2.75) is 6.42 Å². The fraction of sp³-hybridized carbons (Fsp3) is 0.100. The highest BCUT2D eigenvalue weighted by molar-refractivity contribution is 6.06. The van der Waals surface area contributed by atoms with Gasteiger partial charge in [-0.2, -0.15) is 0 Å². The van der Waals surface area contributed by atoms with Crippen LogP contribution >= 0.6 is 0 Å². The number of amides is 1. The number of hydrogen-bond donors (Lipinski definition) is 1. The number of carbonyl (C=O) groups is 1. The van der Waals surface area contributed by atoms with E-state index in [0.717, 1.165) is 23.5 Å². The van der Waals surface area contributed by atoms with Gasteiger partial charge >= 0.3 is 0 Å². The molecule has 1 N–H and O–H groups in total. The number of nitrogens with zero attached hydrogens (tertiary/aromatic N) is 2. The molecule has 4 heteroatoms. The molecule has 0 atom stereocenters. The van der Waals surface area contributed by atoms with Crippen molar-refractivity contribution in [1.29, 1.82) is 0 Å². The number of pyridine rings is 1. The quantitative estimate of drug-likeness (QED) is 0.794. The summed E-state index contributed by atoms with van der Waals surface area (Å²) < 4.78 is 0. The molecular formula is C20H17N3O. The van der Waals surface area contributed by atoms with E-state index in [1.54, 1.807) is 12.3 Å². The molecule has 0 radical (unpaired) electrons. The number of fused-ring (bicyclic) bond motifs is 1. The molecule has 0 saturated heterocycles. The van der Waals surface area contributed by atoms with Gasteiger partial charge in [0, 0.05) is 17.9 Å². The summed E-state index contributed by atoms with van der Waals surface area (Å²) in [6.45, 7) is 0.712. The summed E-state index contributed by atoms with van der Waals surface area (Å²) in [6.07, 6.45) is 2.60. The molecule has 1 amide bonds. The van der Waals surface area contributed by atoms with Gasteiger partial charge in [0.25, 0.3) is 5.91 Å². The molecule has 2 heterocycles. The second-order valence-corrected chi connectivity index (χ2v) is 5.76. The van der Waals surface area contributed by atoms with Crippen LogP contribution < -0.4 is 10.2 Å². The van der Waals surface area contributed by atoms with E-state index in [1.165, 1.54) is 5.56 Å². The summed E-state index contributed by atoms with van der Waals surface area (Å²) in [6, 6.07) is 21.6. The molecule has 0 unspecified atom stereocenters. The molecule has 0 bridgehead atoms. The Labute approximate surface area is 140 Å². The first-order valence-electron chi connectivity index (χ1n) is 7.99. The van der Waals surface area contributed by atoms with Gasteiger partial charge in [0.2, 0.25) is 0 Å². The highest BCUT2D eigenvalue weighted by atomic mass is 16.2. The van der Waals surface area contributed by atoms with E-state index in [9.17, 15) is 4.79 Å². The zero-order valence-electron chi connectivity index (χ0n) is 13.1. The summed E-state index contributed by atoms with van der Waals surface area (Å²) in [5.74, 6) is -0.0498. The van der Waals surface area contributed by atoms with E-state index in [4.69, 9.17) is 0 Å². The van der Waals surface area contributed by atoms with Crippen molar-refractivity contribution in [2.24, 2.45) is 0 Å². The minimum absolute atomic E-state index is 0.0498. The number of carbonyl (C=O) groups excluding carboxylic acids is 1. The molecule has 0 aliphatic carbocycles. The Balaban J connectivity index is 1.52. The largest absolute Gasteiger partial charge is 0.354 e. The molecule has 0 saturated carbocycles. The monoisotopic (exact) mass is 315 g/mol. The average Bonchev–Trinajstić information content (AvgIpc) is 3.07. The van der Waals surface area contributed by atoms with Gasteiger partial charge in [-0.15, -0.1) is 0 Å². The molecule has 118 valence electrons. The maximum Gasteiger partial charge on any atom is 0.276 e. The van der Waals surface area contributed by atoms with Crippen LogP contribution in [0.1, 0.15) is 16.1 Å². The first-order chi connectivity index (χ1) is 11.8. The van der Waals surface area contributed by atoms with E-state index in [2.05, 4.69) is 16.4 Å². The molecule has 1 aliphatic heterocycles. The van der Waals surface area contributed by atoms with Crippen LogP contribution in [0.3, 0.4) is 0 Å². The van der Waals surface area contributed by atoms with E-state index in [-0.39, 0.29) is 5.91 Å². The van der Waals surface area contributed by atoms with Crippen LogP contribution in [0.4, 0.5) is 17.1 Å². The van der Waals surface area contributed by atoms with Crippen LogP contribution in [-0.4, -0.2) is 17.4 Å². The van der Waals surface area contributed by atoms with Crippen molar-refractivity contribution in [3.8, 4) is 0 Å². The van der Waals surface area contributed by atoms with Crippen LogP contribution in [0.25, 0.3) is 0 Å². The highest BCUT2D eigenvalue weighted by Gasteiger charge is 2.25. The maximum absolute atomic E-state index is 12.7. The second-order valence-electron chi connectivity index (χ2n) is 5.76. The van der Waals surface area contributed by atoms with E-state index in [0.29, 0.717) is 12.2 Å². The zero-order valence-corrected chi connectivity index (χ0v) is 13.1. The fourth-order valence-electron chi connectivity index (χ4n) is 2.97. The Hall–Kier alpha value is -3.14. The molecule has 4 nitrogen and oxygen atoms in total. The van der Waals surface area contributed by atoms with E-state index in [1.807, 2.05) is 59.5 Å². The lowest BCUT2D eigenvalue weighted by atomic mass is 10.2. The van der Waals surface area contributed by atoms with Gasteiger partial charge in [-0.05, 0) is 42.3 Å². The van der Waals surface area contributed by atoms with Gasteiger partial charge < -0.3 is 10.2 Å². The van der Waals surface area contributed by atoms with Crippen molar-refractivity contribution < 1.29 is 4.79 Å². The van der Waals surface area contributed by atoms with Crippen LogP contribution in [0.5, 0.6) is 0 Å². The van der Waals surface area contributed by atoms with E-state index >= 15 is 0 Å². The number of para-hydroxylation sites is 2. The lowest BCUT2D eigenvalue weighted by Gasteiger charge is -2.17. The Bertz CT molecular complexity index is 860. The van der Waals surface area contributed by atoms with Crippen molar-refractivity contribution in [3.05, 3.63) is 84.2 Å². The number of rotatable bonds is 3. The van der Waals surface area contributed by atoms with Crippen LogP contribution in [0, 0.1) is 0 Å². The van der Waals surface area contributed by atoms with Crippen LogP contribution in [0.15, 0.2) is 72.9 Å². The molecule has 24 heavy (non-hydrogen) atoms. The predicted octanol–water partition coefficient (Wildman–Crippen LogP) is 4.03. The summed E-state index contributed by atoms with van der Waals surface area (Å²) in [4.78, 5) is 18.9. The van der Waals surface area contributed by atoms with Gasteiger partial charge in [-0.3, -0.25) is 4.79 Å². The molecular weight excluding hydrogens is 298 g/mol. The molecule has 1 aliphatic rings. The number of nitrogens with one attached hydrogen (secondary N) is 1. The third-order valence-corrected chi connectivity index (χ3v) is 4.18. The van der Waals surface area contributed by atoms with Gasteiger partial charge in [0.15, 0.2) is 0 Å². The summed E-state index contributed by atoms with van der Waals surface area (Å²) >= 11 is 0. The Morgan fingerprint density at radius 3 is 2.50 bits per heavy atom. The molecule has 2 aromatic carbocycles. The average molecular weight is 315 g/mol. The van der Waals surface area contributed by atoms with Gasteiger partial charge in [0.1, 0.15) is 5.69 Å². The summed E-state index contributed by atoms with van der Waals surface area (Å²) in [5, 5.41) is 3.27. The van der Waals surface area contributed by atoms with Crippen molar-refractivity contribution in [2.75, 3.05) is 16.8 Å². The lowest BCUT2D eigenvalue weighted by molar-refractivity contribution is 0.0984. The SMILES string of the molecule is O=C(c1ccc(Nc2ccccc2)cn1)N1CCc2ccccc21. The first-order valence-corrected chi connectivity index (χ1v) is 7.99. The Morgan fingerprint density at radius 1 is 0.917 bits per heavy atom. The maximum atomic E-state index is 12.7. The molecule has 1 aromatic heterocycles. The topological polar surface area (TPSA) is 45.2 Å². The third-order valence-electron chi connectivity index (χ3n) is 4.18. The smallest absolute Gasteiger partial charge is 0.276 e. The zero-order chi connectivity index (χ0) is 16.4. The molecule has 4 rings (SSSR count). The number of aromatic nitrogens is 1. The number of anilines is 3. The Morgan fingerprint density at radius 2 is 1.71 bits per heavy atom. The molecule has 0 spiro atoms. The highest BCUT2D eigenvalue weighted by Crippen LogP contribution is 2.28. The second kappa shape index (κ2) is 6.16. The van der Waals surface area contributed by atoms with Crippen LogP contribution in [-0.2, 0) is 6.42 Å². The van der Waals surface area contributed by atoms with Gasteiger partial charge in [-0.1, -0.05) is 36.4 Å². The summed E-state index contributed by atoms with van der Waals surface area (Å²) in [7, 11) is 0. The lowest BCUT2D eigenvalue weighted by Crippen LogP contribution is -2.29. The first kappa shape index (κ1) is 14.5. The third kappa shape index (κ3) is 2.74. The minimum Gasteiger partial charge on any atom is -0.354 e. The number of benzene rings is 2. The Kier molecular flexibility index (Phi) is 3.71. The number of hydrogen-bond acceptors (Lipinski definition) is 3. The van der Waals surface area contributed by atoms with Gasteiger partial charge in [-0.25, -0.2) is 4.98 Å². The normalized spacial score (nSPS) is 12.8. The van der Waals surface area contributed by atoms with E-state index < -0.39 is 0 Å². The summed E-state index contributed by atoms with van der Waals surface area (Å²) in [5.41, 5.74) is 4.53. The molecule has 0 fully saturated rings. The van der Waals surface area contributed by atoms with Crippen molar-refractivity contribution >= 4 is 23.0 Å². The predicted molar refractivity (Wildman–Crippen MR) is 95.8 cm³/mol. The minimum atomic E-state index is -0.0498. The standard InChI is InChI=1S/C20H17N3O/c24-20(23-13-12-15-6-4-5-9-19(15)23)18-11-10-17(14-21-18)22-16-7-2-1-3-8-16/h1-11,14,22H,12-13H2.